The fourth-order valence-corrected chi connectivity index (χ4v) is 3.45. The second-order valence-corrected chi connectivity index (χ2v) is 7.50. The van der Waals surface area contributed by atoms with Gasteiger partial charge in [-0.2, -0.15) is 13.5 Å². The van der Waals surface area contributed by atoms with Gasteiger partial charge >= 0.3 is 10.1 Å². The summed E-state index contributed by atoms with van der Waals surface area (Å²) in [6.45, 7) is 0. The SMILES string of the molecule is NC(=O)Cc1[nH]nc2ccc(S(=O)(=O)Oc3ccc(Cl)c(Cl)c3)cc12. The van der Waals surface area contributed by atoms with E-state index in [4.69, 9.17) is 33.1 Å². The van der Waals surface area contributed by atoms with Gasteiger partial charge in [0, 0.05) is 11.5 Å². The predicted octanol–water partition coefficient (Wildman–Crippen LogP) is 2.67. The van der Waals surface area contributed by atoms with Crippen molar-refractivity contribution in [1.82, 2.24) is 10.2 Å². The molecule has 2 aromatic carbocycles. The first-order valence-corrected chi connectivity index (χ1v) is 9.07. The molecule has 0 saturated carbocycles. The number of nitrogens with two attached hydrogens (primary N) is 1. The Morgan fingerprint density at radius 1 is 1.16 bits per heavy atom. The third kappa shape index (κ3) is 3.71. The first-order chi connectivity index (χ1) is 11.8. The Morgan fingerprint density at radius 3 is 2.60 bits per heavy atom. The van der Waals surface area contributed by atoms with Gasteiger partial charge in [0.05, 0.1) is 27.7 Å². The zero-order valence-electron chi connectivity index (χ0n) is 12.5. The van der Waals surface area contributed by atoms with Crippen LogP contribution in [-0.4, -0.2) is 24.5 Å². The van der Waals surface area contributed by atoms with Crippen LogP contribution in [-0.2, 0) is 21.3 Å². The number of H-pyrrole nitrogens is 1. The molecule has 3 rings (SSSR count). The number of hydrogen-bond acceptors (Lipinski definition) is 5. The minimum absolute atomic E-state index is 0.0269. The molecule has 1 amide bonds. The van der Waals surface area contributed by atoms with Crippen molar-refractivity contribution in [2.24, 2.45) is 5.73 Å². The molecule has 0 aliphatic carbocycles. The van der Waals surface area contributed by atoms with E-state index in [2.05, 4.69) is 10.2 Å². The Morgan fingerprint density at radius 2 is 1.92 bits per heavy atom. The largest absolute Gasteiger partial charge is 0.379 e. The summed E-state index contributed by atoms with van der Waals surface area (Å²) in [6.07, 6.45) is -0.0896. The molecule has 0 fully saturated rings. The maximum absolute atomic E-state index is 12.5. The summed E-state index contributed by atoms with van der Waals surface area (Å²) in [5.41, 5.74) is 6.10. The molecule has 3 N–H and O–H groups in total. The number of fused-ring (bicyclic) bond motifs is 1. The maximum atomic E-state index is 12.5. The van der Waals surface area contributed by atoms with Gasteiger partial charge in [0.25, 0.3) is 0 Å². The number of carbonyl (C=O) groups is 1. The van der Waals surface area contributed by atoms with E-state index in [1.165, 1.54) is 36.4 Å². The number of primary amides is 1. The van der Waals surface area contributed by atoms with Crippen molar-refractivity contribution in [3.8, 4) is 5.75 Å². The van der Waals surface area contributed by atoms with Crippen LogP contribution >= 0.6 is 23.2 Å². The third-order valence-electron chi connectivity index (χ3n) is 3.34. The van der Waals surface area contributed by atoms with E-state index in [1.807, 2.05) is 0 Å². The zero-order valence-corrected chi connectivity index (χ0v) is 14.8. The number of nitrogens with one attached hydrogen (secondary N) is 1. The second-order valence-electron chi connectivity index (χ2n) is 5.14. The topological polar surface area (TPSA) is 115 Å². The fourth-order valence-electron chi connectivity index (χ4n) is 2.21. The van der Waals surface area contributed by atoms with Gasteiger partial charge in [-0.15, -0.1) is 0 Å². The van der Waals surface area contributed by atoms with Crippen LogP contribution in [0.2, 0.25) is 10.0 Å². The highest BCUT2D eigenvalue weighted by Gasteiger charge is 2.19. The van der Waals surface area contributed by atoms with Crippen LogP contribution in [0.5, 0.6) is 5.75 Å². The number of halogens is 2. The van der Waals surface area contributed by atoms with E-state index in [1.54, 1.807) is 0 Å². The molecule has 130 valence electrons. The monoisotopic (exact) mass is 399 g/mol. The molecule has 10 heteroatoms. The lowest BCUT2D eigenvalue weighted by Crippen LogP contribution is -2.14. The Bertz CT molecular complexity index is 1080. The van der Waals surface area contributed by atoms with Crippen LogP contribution in [0, 0.1) is 0 Å². The summed E-state index contributed by atoms with van der Waals surface area (Å²) in [5.74, 6) is -0.537. The number of rotatable bonds is 5. The number of amides is 1. The smallest absolute Gasteiger partial charge is 0.339 e. The molecule has 1 heterocycles. The van der Waals surface area contributed by atoms with Crippen LogP contribution < -0.4 is 9.92 Å². The number of aromatic amines is 1. The summed E-state index contributed by atoms with van der Waals surface area (Å²) in [7, 11) is -4.12. The van der Waals surface area contributed by atoms with Gasteiger partial charge in [-0.3, -0.25) is 9.89 Å². The average molecular weight is 400 g/mol. The van der Waals surface area contributed by atoms with E-state index in [-0.39, 0.29) is 27.1 Å². The van der Waals surface area contributed by atoms with Crippen LogP contribution in [0.1, 0.15) is 5.69 Å². The fraction of sp³-hybridized carbons (Fsp3) is 0.0667. The standard InChI is InChI=1S/C15H11Cl2N3O4S/c16-11-3-1-8(5-12(11)17)24-25(22,23)9-2-4-13-10(6-9)14(20-19-13)7-15(18)21/h1-6H,7H2,(H2,18,21)(H,19,20). The lowest BCUT2D eigenvalue weighted by Gasteiger charge is -2.08. The molecular formula is C15H11Cl2N3O4S. The van der Waals surface area contributed by atoms with Crippen LogP contribution in [0.4, 0.5) is 0 Å². The Kier molecular flexibility index (Phi) is 4.59. The zero-order chi connectivity index (χ0) is 18.2. The Labute approximate surface area is 152 Å². The van der Waals surface area contributed by atoms with Crippen molar-refractivity contribution in [3.05, 3.63) is 52.1 Å². The highest BCUT2D eigenvalue weighted by Crippen LogP contribution is 2.29. The van der Waals surface area contributed by atoms with Gasteiger partial charge in [-0.1, -0.05) is 23.2 Å². The molecule has 0 bridgehead atoms. The van der Waals surface area contributed by atoms with Crippen molar-refractivity contribution in [3.63, 3.8) is 0 Å². The van der Waals surface area contributed by atoms with Gasteiger partial charge in [-0.05, 0) is 30.3 Å². The molecule has 1 aromatic heterocycles. The number of aromatic nitrogens is 2. The molecule has 3 aromatic rings. The van der Waals surface area contributed by atoms with Crippen molar-refractivity contribution in [2.75, 3.05) is 0 Å². The highest BCUT2D eigenvalue weighted by molar-refractivity contribution is 7.87. The van der Waals surface area contributed by atoms with Gasteiger partial charge in [-0.25, -0.2) is 0 Å². The molecule has 0 aliphatic rings. The van der Waals surface area contributed by atoms with Crippen molar-refractivity contribution >= 4 is 50.1 Å². The van der Waals surface area contributed by atoms with Crippen LogP contribution in [0.15, 0.2) is 41.3 Å². The minimum atomic E-state index is -4.12. The highest BCUT2D eigenvalue weighted by atomic mass is 35.5. The summed E-state index contributed by atoms with van der Waals surface area (Å²) in [6, 6.07) is 8.34. The molecule has 0 aliphatic heterocycles. The summed E-state index contributed by atoms with van der Waals surface area (Å²) < 4.78 is 30.0. The van der Waals surface area contributed by atoms with Gasteiger partial charge in [0.2, 0.25) is 5.91 Å². The van der Waals surface area contributed by atoms with Crippen molar-refractivity contribution < 1.29 is 17.4 Å². The molecule has 0 spiro atoms. The van der Waals surface area contributed by atoms with Gasteiger partial charge < -0.3 is 9.92 Å². The van der Waals surface area contributed by atoms with Gasteiger partial charge in [0.1, 0.15) is 10.6 Å². The second kappa shape index (κ2) is 6.55. The van der Waals surface area contributed by atoms with E-state index in [0.717, 1.165) is 0 Å². The van der Waals surface area contributed by atoms with Crippen molar-refractivity contribution in [2.45, 2.75) is 11.3 Å². The van der Waals surface area contributed by atoms with Crippen molar-refractivity contribution in [1.29, 1.82) is 0 Å². The lowest BCUT2D eigenvalue weighted by molar-refractivity contribution is -0.117. The first-order valence-electron chi connectivity index (χ1n) is 6.91. The molecule has 0 radical (unpaired) electrons. The number of nitrogens with zero attached hydrogens (tertiary/aromatic N) is 1. The number of carbonyl (C=O) groups excluding carboxylic acids is 1. The number of hydrogen-bond donors (Lipinski definition) is 2. The average Bonchev–Trinajstić information content (AvgIpc) is 2.92. The minimum Gasteiger partial charge on any atom is -0.379 e. The van der Waals surface area contributed by atoms with Crippen LogP contribution in [0.25, 0.3) is 10.9 Å². The summed E-state index contributed by atoms with van der Waals surface area (Å²) in [5, 5.41) is 7.59. The molecular weight excluding hydrogens is 389 g/mol. The quantitative estimate of drug-likeness (QED) is 0.639. The van der Waals surface area contributed by atoms with E-state index in [9.17, 15) is 13.2 Å². The predicted molar refractivity (Wildman–Crippen MR) is 93.3 cm³/mol. The van der Waals surface area contributed by atoms with E-state index < -0.39 is 16.0 Å². The van der Waals surface area contributed by atoms with E-state index in [0.29, 0.717) is 16.6 Å². The summed E-state index contributed by atoms with van der Waals surface area (Å²) in [4.78, 5) is 11.0. The first kappa shape index (κ1) is 17.5. The maximum Gasteiger partial charge on any atom is 0.339 e. The Balaban J connectivity index is 1.98. The molecule has 7 nitrogen and oxygen atoms in total. The third-order valence-corrected chi connectivity index (χ3v) is 5.32. The molecule has 0 atom stereocenters. The van der Waals surface area contributed by atoms with E-state index >= 15 is 0 Å². The molecule has 25 heavy (non-hydrogen) atoms. The molecule has 0 unspecified atom stereocenters. The summed E-state index contributed by atoms with van der Waals surface area (Å²) >= 11 is 11.7. The lowest BCUT2D eigenvalue weighted by atomic mass is 10.1. The van der Waals surface area contributed by atoms with Crippen LogP contribution in [0.3, 0.4) is 0 Å². The van der Waals surface area contributed by atoms with Gasteiger partial charge in [0.15, 0.2) is 0 Å². The Hall–Kier alpha value is -2.29. The number of benzene rings is 2. The normalized spacial score (nSPS) is 11.6. The molecule has 0 saturated heterocycles.